The fourth-order valence-electron chi connectivity index (χ4n) is 2.99. The van der Waals surface area contributed by atoms with Crippen molar-refractivity contribution in [3.8, 4) is 0 Å². The van der Waals surface area contributed by atoms with E-state index in [1.165, 1.54) is 0 Å². The highest BCUT2D eigenvalue weighted by atomic mass is 16.3. The molecular formula is C16H28N4O2. The summed E-state index contributed by atoms with van der Waals surface area (Å²) in [5.74, 6) is 0.545. The van der Waals surface area contributed by atoms with E-state index in [0.717, 1.165) is 31.5 Å². The Balaban J connectivity index is 1.93. The van der Waals surface area contributed by atoms with Crippen molar-refractivity contribution < 1.29 is 9.90 Å². The summed E-state index contributed by atoms with van der Waals surface area (Å²) < 4.78 is 1.84. The maximum Gasteiger partial charge on any atom is 0.222 e. The van der Waals surface area contributed by atoms with E-state index in [9.17, 15) is 9.90 Å². The molecule has 0 aromatic carbocycles. The summed E-state index contributed by atoms with van der Waals surface area (Å²) >= 11 is 0. The van der Waals surface area contributed by atoms with Crippen molar-refractivity contribution in [1.82, 2.24) is 20.3 Å². The average Bonchev–Trinajstić information content (AvgIpc) is 2.98. The van der Waals surface area contributed by atoms with Crippen LogP contribution in [-0.4, -0.2) is 37.7 Å². The van der Waals surface area contributed by atoms with Crippen LogP contribution in [-0.2, 0) is 17.8 Å². The van der Waals surface area contributed by atoms with Gasteiger partial charge in [0.25, 0.3) is 0 Å². The van der Waals surface area contributed by atoms with Gasteiger partial charge in [0.15, 0.2) is 0 Å². The molecular weight excluding hydrogens is 280 g/mol. The molecule has 0 spiro atoms. The van der Waals surface area contributed by atoms with Crippen LogP contribution < -0.4 is 5.32 Å². The number of rotatable bonds is 6. The quantitative estimate of drug-likeness (QED) is 0.835. The van der Waals surface area contributed by atoms with E-state index in [0.29, 0.717) is 12.3 Å². The number of carbonyl (C=O) groups is 1. The van der Waals surface area contributed by atoms with E-state index in [4.69, 9.17) is 0 Å². The first-order valence-corrected chi connectivity index (χ1v) is 8.16. The molecule has 1 saturated carbocycles. The summed E-state index contributed by atoms with van der Waals surface area (Å²) in [4.78, 5) is 11.9. The number of hydrogen-bond donors (Lipinski definition) is 2. The highest BCUT2D eigenvalue weighted by Crippen LogP contribution is 2.27. The molecule has 6 nitrogen and oxygen atoms in total. The third-order valence-corrected chi connectivity index (χ3v) is 4.13. The van der Waals surface area contributed by atoms with Gasteiger partial charge in [-0.3, -0.25) is 9.48 Å². The Labute approximate surface area is 132 Å². The van der Waals surface area contributed by atoms with E-state index in [-0.39, 0.29) is 17.9 Å². The Hall–Kier alpha value is -1.43. The largest absolute Gasteiger partial charge is 0.390 e. The highest BCUT2D eigenvalue weighted by molar-refractivity contribution is 5.78. The summed E-state index contributed by atoms with van der Waals surface area (Å²) in [5.41, 5.74) is 0.0235. The van der Waals surface area contributed by atoms with Crippen LogP contribution in [0.25, 0.3) is 0 Å². The van der Waals surface area contributed by atoms with Crippen molar-refractivity contribution in [2.45, 2.75) is 71.6 Å². The fourth-order valence-corrected chi connectivity index (χ4v) is 2.99. The number of aromatic nitrogens is 3. The molecule has 0 radical (unpaired) electrons. The van der Waals surface area contributed by atoms with Crippen LogP contribution in [0.3, 0.4) is 0 Å². The maximum atomic E-state index is 11.9. The van der Waals surface area contributed by atoms with Crippen LogP contribution in [0.4, 0.5) is 0 Å². The van der Waals surface area contributed by atoms with Crippen molar-refractivity contribution in [2.75, 3.05) is 0 Å². The standard InChI is InChI=1S/C16H28N4O2/c1-11(2)15(21)17-14-7-5-6-12(14)9-20-10-13(18-19-20)8-16(3,4)22/h10-12,14,22H,5-9H2,1-4H3,(H,17,21)/t12-,14-/m1/s1. The van der Waals surface area contributed by atoms with Gasteiger partial charge in [0.05, 0.1) is 11.3 Å². The topological polar surface area (TPSA) is 80.0 Å². The number of amides is 1. The van der Waals surface area contributed by atoms with Gasteiger partial charge in [-0.2, -0.15) is 0 Å². The number of nitrogens with zero attached hydrogens (tertiary/aromatic N) is 3. The SMILES string of the molecule is CC(C)C(=O)N[C@@H]1CCC[C@@H]1Cn1cc(CC(C)(C)O)nn1. The summed E-state index contributed by atoms with van der Waals surface area (Å²) in [6, 6.07) is 0.233. The molecule has 124 valence electrons. The molecule has 1 aromatic rings. The zero-order chi connectivity index (χ0) is 16.3. The van der Waals surface area contributed by atoms with E-state index >= 15 is 0 Å². The molecule has 1 aliphatic carbocycles. The molecule has 0 bridgehead atoms. The van der Waals surface area contributed by atoms with Crippen LogP contribution in [0.15, 0.2) is 6.20 Å². The van der Waals surface area contributed by atoms with Crippen molar-refractivity contribution in [3.05, 3.63) is 11.9 Å². The minimum absolute atomic E-state index is 0.0195. The van der Waals surface area contributed by atoms with Gasteiger partial charge in [0.2, 0.25) is 5.91 Å². The molecule has 6 heteroatoms. The summed E-state index contributed by atoms with van der Waals surface area (Å²) in [5, 5.41) is 21.3. The summed E-state index contributed by atoms with van der Waals surface area (Å²) in [7, 11) is 0. The second-order valence-corrected chi connectivity index (χ2v) is 7.38. The maximum absolute atomic E-state index is 11.9. The van der Waals surface area contributed by atoms with Crippen LogP contribution in [0, 0.1) is 11.8 Å². The van der Waals surface area contributed by atoms with Gasteiger partial charge in [0.1, 0.15) is 0 Å². The van der Waals surface area contributed by atoms with Crippen LogP contribution >= 0.6 is 0 Å². The third kappa shape index (κ3) is 4.80. The molecule has 22 heavy (non-hydrogen) atoms. The Kier molecular flexibility index (Phi) is 5.21. The summed E-state index contributed by atoms with van der Waals surface area (Å²) in [6.07, 6.45) is 5.67. The second-order valence-electron chi connectivity index (χ2n) is 7.38. The fraction of sp³-hybridized carbons (Fsp3) is 0.812. The van der Waals surface area contributed by atoms with Gasteiger partial charge in [0, 0.05) is 31.1 Å². The monoisotopic (exact) mass is 308 g/mol. The zero-order valence-electron chi connectivity index (χ0n) is 14.0. The van der Waals surface area contributed by atoms with Crippen LogP contribution in [0.2, 0.25) is 0 Å². The Bertz CT molecular complexity index is 504. The Morgan fingerprint density at radius 1 is 1.50 bits per heavy atom. The zero-order valence-corrected chi connectivity index (χ0v) is 14.0. The predicted octanol–water partition coefficient (Wildman–Crippen LogP) is 1.53. The lowest BCUT2D eigenvalue weighted by Crippen LogP contribution is -2.40. The molecule has 0 saturated heterocycles. The molecule has 1 fully saturated rings. The smallest absolute Gasteiger partial charge is 0.222 e. The molecule has 0 unspecified atom stereocenters. The second kappa shape index (κ2) is 6.77. The van der Waals surface area contributed by atoms with Gasteiger partial charge in [-0.15, -0.1) is 5.10 Å². The first kappa shape index (κ1) is 16.9. The van der Waals surface area contributed by atoms with Gasteiger partial charge in [-0.1, -0.05) is 25.5 Å². The molecule has 2 N–H and O–H groups in total. The minimum atomic E-state index is -0.776. The minimum Gasteiger partial charge on any atom is -0.390 e. The lowest BCUT2D eigenvalue weighted by molar-refractivity contribution is -0.125. The molecule has 0 aliphatic heterocycles. The van der Waals surface area contributed by atoms with E-state index in [2.05, 4.69) is 15.6 Å². The third-order valence-electron chi connectivity index (χ3n) is 4.13. The first-order valence-electron chi connectivity index (χ1n) is 8.16. The Morgan fingerprint density at radius 2 is 2.23 bits per heavy atom. The Morgan fingerprint density at radius 3 is 2.86 bits per heavy atom. The van der Waals surface area contributed by atoms with Gasteiger partial charge in [-0.25, -0.2) is 0 Å². The molecule has 1 aliphatic rings. The number of carbonyl (C=O) groups excluding carboxylic acids is 1. The highest BCUT2D eigenvalue weighted by Gasteiger charge is 2.29. The van der Waals surface area contributed by atoms with Crippen LogP contribution in [0.5, 0.6) is 0 Å². The van der Waals surface area contributed by atoms with Crippen molar-refractivity contribution in [2.24, 2.45) is 11.8 Å². The predicted molar refractivity (Wildman–Crippen MR) is 84.1 cm³/mol. The molecule has 1 amide bonds. The van der Waals surface area contributed by atoms with E-state index in [1.807, 2.05) is 24.7 Å². The summed E-state index contributed by atoms with van der Waals surface area (Å²) in [6.45, 7) is 8.13. The van der Waals surface area contributed by atoms with Gasteiger partial charge < -0.3 is 10.4 Å². The van der Waals surface area contributed by atoms with Crippen molar-refractivity contribution in [1.29, 1.82) is 0 Å². The molecule has 1 heterocycles. The van der Waals surface area contributed by atoms with Crippen molar-refractivity contribution >= 4 is 5.91 Å². The van der Waals surface area contributed by atoms with E-state index < -0.39 is 5.60 Å². The molecule has 2 rings (SSSR count). The number of aliphatic hydroxyl groups is 1. The molecule has 1 aromatic heterocycles. The number of hydrogen-bond acceptors (Lipinski definition) is 4. The molecule has 2 atom stereocenters. The lowest BCUT2D eigenvalue weighted by atomic mass is 10.0. The van der Waals surface area contributed by atoms with Gasteiger partial charge in [-0.05, 0) is 32.6 Å². The lowest BCUT2D eigenvalue weighted by Gasteiger charge is -2.21. The van der Waals surface area contributed by atoms with Crippen LogP contribution in [0.1, 0.15) is 52.7 Å². The normalized spacial score (nSPS) is 22.3. The van der Waals surface area contributed by atoms with Gasteiger partial charge >= 0.3 is 0 Å². The number of nitrogens with one attached hydrogen (secondary N) is 1. The van der Waals surface area contributed by atoms with E-state index in [1.54, 1.807) is 13.8 Å². The average molecular weight is 308 g/mol. The van der Waals surface area contributed by atoms with Crippen molar-refractivity contribution in [3.63, 3.8) is 0 Å². The first-order chi connectivity index (χ1) is 10.2.